The SMILES string of the molecule is CC.Cc1ccc(F)c(-c2cccc(CCC#N)c2)c1. The van der Waals surface area contributed by atoms with Crippen molar-refractivity contribution in [1.82, 2.24) is 0 Å². The van der Waals surface area contributed by atoms with Crippen molar-refractivity contribution < 1.29 is 4.39 Å². The molecule has 0 saturated heterocycles. The summed E-state index contributed by atoms with van der Waals surface area (Å²) in [7, 11) is 0. The second kappa shape index (κ2) is 8.12. The molecule has 0 aliphatic heterocycles. The zero-order valence-corrected chi connectivity index (χ0v) is 12.3. The van der Waals surface area contributed by atoms with Gasteiger partial charge < -0.3 is 0 Å². The van der Waals surface area contributed by atoms with Crippen LogP contribution in [-0.4, -0.2) is 0 Å². The second-order valence-corrected chi connectivity index (χ2v) is 4.34. The van der Waals surface area contributed by atoms with Gasteiger partial charge in [-0.25, -0.2) is 4.39 Å². The second-order valence-electron chi connectivity index (χ2n) is 4.34. The van der Waals surface area contributed by atoms with Crippen molar-refractivity contribution in [2.45, 2.75) is 33.6 Å². The van der Waals surface area contributed by atoms with Crippen molar-refractivity contribution in [3.05, 3.63) is 59.4 Å². The number of nitrogens with zero attached hydrogens (tertiary/aromatic N) is 1. The lowest BCUT2D eigenvalue weighted by atomic mass is 9.99. The fourth-order valence-electron chi connectivity index (χ4n) is 1.95. The molecule has 0 unspecified atom stereocenters. The highest BCUT2D eigenvalue weighted by Crippen LogP contribution is 2.25. The molecule has 2 aromatic carbocycles. The maximum Gasteiger partial charge on any atom is 0.131 e. The van der Waals surface area contributed by atoms with Crippen molar-refractivity contribution in [1.29, 1.82) is 5.26 Å². The number of hydrogen-bond donors (Lipinski definition) is 0. The average Bonchev–Trinajstić information content (AvgIpc) is 2.50. The minimum absolute atomic E-state index is 0.210. The minimum Gasteiger partial charge on any atom is -0.206 e. The van der Waals surface area contributed by atoms with Crippen LogP contribution >= 0.6 is 0 Å². The third-order valence-corrected chi connectivity index (χ3v) is 2.89. The Balaban J connectivity index is 0.000000956. The minimum atomic E-state index is -0.210. The van der Waals surface area contributed by atoms with Crippen LogP contribution in [-0.2, 0) is 6.42 Å². The van der Waals surface area contributed by atoms with E-state index in [9.17, 15) is 4.39 Å². The third-order valence-electron chi connectivity index (χ3n) is 2.89. The molecule has 0 radical (unpaired) electrons. The van der Waals surface area contributed by atoms with Crippen molar-refractivity contribution in [3.63, 3.8) is 0 Å². The maximum atomic E-state index is 13.8. The van der Waals surface area contributed by atoms with E-state index in [2.05, 4.69) is 6.07 Å². The van der Waals surface area contributed by atoms with Crippen LogP contribution in [0.5, 0.6) is 0 Å². The summed E-state index contributed by atoms with van der Waals surface area (Å²) in [5.74, 6) is -0.210. The summed E-state index contributed by atoms with van der Waals surface area (Å²) in [6.07, 6.45) is 1.19. The van der Waals surface area contributed by atoms with Crippen LogP contribution in [0.1, 0.15) is 31.4 Å². The maximum absolute atomic E-state index is 13.8. The van der Waals surface area contributed by atoms with Gasteiger partial charge in [0.25, 0.3) is 0 Å². The Bertz CT molecular complexity index is 597. The molecule has 0 heterocycles. The Morgan fingerprint density at radius 1 is 1.10 bits per heavy atom. The number of hydrogen-bond acceptors (Lipinski definition) is 1. The summed E-state index contributed by atoms with van der Waals surface area (Å²) < 4.78 is 13.8. The lowest BCUT2D eigenvalue weighted by Crippen LogP contribution is -1.89. The highest BCUT2D eigenvalue weighted by atomic mass is 19.1. The van der Waals surface area contributed by atoms with E-state index in [1.165, 1.54) is 6.07 Å². The monoisotopic (exact) mass is 269 g/mol. The highest BCUT2D eigenvalue weighted by molar-refractivity contribution is 5.65. The van der Waals surface area contributed by atoms with Crippen LogP contribution < -0.4 is 0 Å². The van der Waals surface area contributed by atoms with Crippen molar-refractivity contribution in [2.24, 2.45) is 0 Å². The summed E-state index contributed by atoms with van der Waals surface area (Å²) >= 11 is 0. The van der Waals surface area contributed by atoms with Crippen molar-refractivity contribution >= 4 is 0 Å². The number of benzene rings is 2. The van der Waals surface area contributed by atoms with Gasteiger partial charge in [0.1, 0.15) is 5.82 Å². The van der Waals surface area contributed by atoms with Gasteiger partial charge in [-0.3, -0.25) is 0 Å². The van der Waals surface area contributed by atoms with Gasteiger partial charge in [0.05, 0.1) is 6.07 Å². The zero-order chi connectivity index (χ0) is 15.0. The average molecular weight is 269 g/mol. The Kier molecular flexibility index (Phi) is 6.46. The van der Waals surface area contributed by atoms with Gasteiger partial charge in [0.15, 0.2) is 0 Å². The van der Waals surface area contributed by atoms with Gasteiger partial charge >= 0.3 is 0 Å². The number of halogens is 1. The quantitative estimate of drug-likeness (QED) is 0.743. The van der Waals surface area contributed by atoms with Crippen LogP contribution in [0, 0.1) is 24.1 Å². The van der Waals surface area contributed by atoms with Gasteiger partial charge in [-0.2, -0.15) is 5.26 Å². The molecule has 0 fully saturated rings. The summed E-state index contributed by atoms with van der Waals surface area (Å²) in [4.78, 5) is 0. The summed E-state index contributed by atoms with van der Waals surface area (Å²) in [6.45, 7) is 5.95. The molecule has 2 heteroatoms. The molecule has 2 rings (SSSR count). The molecule has 0 atom stereocenters. The van der Waals surface area contributed by atoms with Crippen LogP contribution in [0.3, 0.4) is 0 Å². The molecule has 0 saturated carbocycles. The van der Waals surface area contributed by atoms with E-state index in [4.69, 9.17) is 5.26 Å². The van der Waals surface area contributed by atoms with Crippen LogP contribution in [0.2, 0.25) is 0 Å². The molecule has 104 valence electrons. The predicted octanol–water partition coefficient (Wildman–Crippen LogP) is 5.28. The van der Waals surface area contributed by atoms with E-state index >= 15 is 0 Å². The Labute approximate surface area is 120 Å². The van der Waals surface area contributed by atoms with Crippen LogP contribution in [0.4, 0.5) is 4.39 Å². The van der Waals surface area contributed by atoms with E-state index in [0.29, 0.717) is 18.4 Å². The first kappa shape index (κ1) is 15.9. The normalized spacial score (nSPS) is 9.35. The van der Waals surface area contributed by atoms with Gasteiger partial charge in [-0.1, -0.05) is 49.7 Å². The Hall–Kier alpha value is -2.14. The van der Waals surface area contributed by atoms with E-state index in [1.54, 1.807) is 6.07 Å². The molecule has 0 aliphatic rings. The van der Waals surface area contributed by atoms with Crippen molar-refractivity contribution in [2.75, 3.05) is 0 Å². The number of aryl methyl sites for hydroxylation is 2. The zero-order valence-electron chi connectivity index (χ0n) is 12.3. The fourth-order valence-corrected chi connectivity index (χ4v) is 1.95. The first-order valence-electron chi connectivity index (χ1n) is 6.93. The Morgan fingerprint density at radius 2 is 1.85 bits per heavy atom. The van der Waals surface area contributed by atoms with Gasteiger partial charge in [0.2, 0.25) is 0 Å². The molecular weight excluding hydrogens is 249 g/mol. The standard InChI is InChI=1S/C16H14FN.C2H6/c1-12-7-8-16(17)15(10-12)14-6-2-4-13(11-14)5-3-9-18;1-2/h2,4,6-8,10-11H,3,5H2,1H3;1-2H3. The van der Waals surface area contributed by atoms with Crippen LogP contribution in [0.25, 0.3) is 11.1 Å². The van der Waals surface area contributed by atoms with Gasteiger partial charge in [-0.15, -0.1) is 0 Å². The Morgan fingerprint density at radius 3 is 2.55 bits per heavy atom. The van der Waals surface area contributed by atoms with E-state index in [0.717, 1.165) is 16.7 Å². The molecule has 0 spiro atoms. The fraction of sp³-hybridized carbons (Fsp3) is 0.278. The lowest BCUT2D eigenvalue weighted by molar-refractivity contribution is 0.631. The first-order chi connectivity index (χ1) is 9.70. The number of rotatable bonds is 3. The van der Waals surface area contributed by atoms with Crippen molar-refractivity contribution in [3.8, 4) is 17.2 Å². The molecular formula is C18H20FN. The number of nitriles is 1. The predicted molar refractivity (Wildman–Crippen MR) is 81.9 cm³/mol. The molecule has 0 amide bonds. The topological polar surface area (TPSA) is 23.8 Å². The third kappa shape index (κ3) is 4.20. The molecule has 20 heavy (non-hydrogen) atoms. The largest absolute Gasteiger partial charge is 0.206 e. The summed E-state index contributed by atoms with van der Waals surface area (Å²) in [5, 5.41) is 8.58. The van der Waals surface area contributed by atoms with Gasteiger partial charge in [0, 0.05) is 12.0 Å². The highest BCUT2D eigenvalue weighted by Gasteiger charge is 2.05. The van der Waals surface area contributed by atoms with E-state index in [1.807, 2.05) is 51.1 Å². The molecule has 0 aliphatic carbocycles. The first-order valence-corrected chi connectivity index (χ1v) is 6.93. The summed E-state index contributed by atoms with van der Waals surface area (Å²) in [5.41, 5.74) is 3.59. The van der Waals surface area contributed by atoms with E-state index < -0.39 is 0 Å². The van der Waals surface area contributed by atoms with E-state index in [-0.39, 0.29) is 5.82 Å². The molecule has 0 N–H and O–H groups in total. The van der Waals surface area contributed by atoms with Crippen LogP contribution in [0.15, 0.2) is 42.5 Å². The molecule has 1 nitrogen and oxygen atoms in total. The molecule has 0 aromatic heterocycles. The summed E-state index contributed by atoms with van der Waals surface area (Å²) in [6, 6.07) is 14.9. The lowest BCUT2D eigenvalue weighted by Gasteiger charge is -2.07. The molecule has 2 aromatic rings. The van der Waals surface area contributed by atoms with Gasteiger partial charge in [-0.05, 0) is 36.6 Å². The smallest absolute Gasteiger partial charge is 0.131 e. The molecule has 0 bridgehead atoms.